The van der Waals surface area contributed by atoms with Crippen LogP contribution in [-0.4, -0.2) is 24.2 Å². The number of H-pyrrole nitrogens is 1. The van der Waals surface area contributed by atoms with Crippen LogP contribution in [0.25, 0.3) is 11.0 Å². The lowest BCUT2D eigenvalue weighted by Crippen LogP contribution is -2.17. The molecule has 13 heteroatoms. The number of halogens is 6. The van der Waals surface area contributed by atoms with Crippen molar-refractivity contribution in [2.24, 2.45) is 0 Å². The number of carbonyl (C=O) groups excluding carboxylic acids is 1. The maximum absolute atomic E-state index is 15.2. The Labute approximate surface area is 199 Å². The van der Waals surface area contributed by atoms with Gasteiger partial charge in [0, 0.05) is 17.8 Å². The highest BCUT2D eigenvalue weighted by atomic mass is 35.5. The molecule has 0 saturated heterocycles. The van der Waals surface area contributed by atoms with Crippen molar-refractivity contribution in [1.82, 2.24) is 9.97 Å². The quantitative estimate of drug-likeness (QED) is 0.250. The number of ketones is 1. The zero-order chi connectivity index (χ0) is 25.7. The van der Waals surface area contributed by atoms with E-state index in [1.807, 2.05) is 4.72 Å². The Morgan fingerprint density at radius 3 is 2.37 bits per heavy atom. The molecule has 2 N–H and O–H groups in total. The van der Waals surface area contributed by atoms with Crippen LogP contribution >= 0.6 is 11.6 Å². The molecule has 0 aliphatic rings. The average Bonchev–Trinajstić information content (AvgIpc) is 3.22. The summed E-state index contributed by atoms with van der Waals surface area (Å²) in [5, 5.41) is 0.446. The van der Waals surface area contributed by atoms with Gasteiger partial charge < -0.3 is 4.98 Å². The van der Waals surface area contributed by atoms with Crippen LogP contribution < -0.4 is 4.72 Å². The summed E-state index contributed by atoms with van der Waals surface area (Å²) < 4.78 is 95.1. The van der Waals surface area contributed by atoms with E-state index in [2.05, 4.69) is 9.97 Å². The number of aryl methyl sites for hydroxylation is 1. The van der Waals surface area contributed by atoms with Crippen molar-refractivity contribution in [3.8, 4) is 0 Å². The summed E-state index contributed by atoms with van der Waals surface area (Å²) in [4.78, 5) is 19.2. The van der Waals surface area contributed by atoms with Crippen LogP contribution in [-0.2, 0) is 16.2 Å². The third-order valence-corrected chi connectivity index (χ3v) is 6.96. The van der Waals surface area contributed by atoms with Crippen LogP contribution in [0.5, 0.6) is 0 Å². The molecule has 0 bridgehead atoms. The number of nitrogens with one attached hydrogen (secondary N) is 2. The number of anilines is 1. The summed E-state index contributed by atoms with van der Waals surface area (Å²) in [6.45, 7) is 1.58. The molecular formula is C22H13ClF5N3O3S. The molecule has 182 valence electrons. The van der Waals surface area contributed by atoms with Gasteiger partial charge in [0.15, 0.2) is 5.82 Å². The molecule has 0 radical (unpaired) electrons. The molecule has 2 aromatic heterocycles. The number of aromatic amines is 1. The normalized spacial score (nSPS) is 12.2. The molecule has 0 unspecified atom stereocenters. The first-order valence-electron chi connectivity index (χ1n) is 9.66. The number of aromatic nitrogens is 2. The van der Waals surface area contributed by atoms with Gasteiger partial charge in [0.25, 0.3) is 10.0 Å². The summed E-state index contributed by atoms with van der Waals surface area (Å²) in [5.41, 5.74) is -2.37. The van der Waals surface area contributed by atoms with Gasteiger partial charge >= 0.3 is 6.18 Å². The van der Waals surface area contributed by atoms with E-state index in [0.29, 0.717) is 35.9 Å². The minimum atomic E-state index is -4.69. The monoisotopic (exact) mass is 529 g/mol. The van der Waals surface area contributed by atoms with Crippen molar-refractivity contribution >= 4 is 44.1 Å². The fourth-order valence-electron chi connectivity index (χ4n) is 3.41. The second-order valence-corrected chi connectivity index (χ2v) is 9.49. The third-order valence-electron chi connectivity index (χ3n) is 5.20. The van der Waals surface area contributed by atoms with Crippen molar-refractivity contribution in [1.29, 1.82) is 0 Å². The van der Waals surface area contributed by atoms with E-state index in [9.17, 15) is 30.8 Å². The standard InChI is InChI=1S/C22H13ClF5N3O3S/c1-10-14(23)9-30-21-17(10)13(8-29-21)20(32)18-15(24)6-7-16(19(18)25)31-35(33,34)12-4-2-11(3-5-12)22(26,27)28/h2-9,31H,1H3,(H,29,30). The van der Waals surface area contributed by atoms with Gasteiger partial charge in [-0.05, 0) is 48.9 Å². The van der Waals surface area contributed by atoms with Gasteiger partial charge in [0.05, 0.1) is 32.3 Å². The number of pyridine rings is 1. The number of rotatable bonds is 5. The van der Waals surface area contributed by atoms with Gasteiger partial charge in [-0.1, -0.05) is 11.6 Å². The first kappa shape index (κ1) is 24.6. The molecule has 4 aromatic rings. The molecule has 0 atom stereocenters. The van der Waals surface area contributed by atoms with E-state index in [1.165, 1.54) is 12.4 Å². The van der Waals surface area contributed by atoms with Crippen molar-refractivity contribution in [2.75, 3.05) is 4.72 Å². The van der Waals surface area contributed by atoms with Gasteiger partial charge in [0.2, 0.25) is 5.78 Å². The van der Waals surface area contributed by atoms with Crippen LogP contribution in [0.4, 0.5) is 27.6 Å². The lowest BCUT2D eigenvalue weighted by molar-refractivity contribution is -0.137. The largest absolute Gasteiger partial charge is 0.416 e. The van der Waals surface area contributed by atoms with Gasteiger partial charge in [-0.2, -0.15) is 13.2 Å². The topological polar surface area (TPSA) is 91.9 Å². The zero-order valence-electron chi connectivity index (χ0n) is 17.5. The van der Waals surface area contributed by atoms with Gasteiger partial charge in [-0.15, -0.1) is 0 Å². The first-order valence-corrected chi connectivity index (χ1v) is 11.5. The Balaban J connectivity index is 1.73. The van der Waals surface area contributed by atoms with E-state index in [1.54, 1.807) is 6.92 Å². The number of fused-ring (bicyclic) bond motifs is 1. The molecule has 2 aromatic carbocycles. The molecule has 0 aliphatic heterocycles. The van der Waals surface area contributed by atoms with Crippen molar-refractivity contribution in [3.05, 3.63) is 87.7 Å². The molecular weight excluding hydrogens is 517 g/mol. The maximum atomic E-state index is 15.2. The van der Waals surface area contributed by atoms with Crippen LogP contribution in [0.1, 0.15) is 27.0 Å². The van der Waals surface area contributed by atoms with E-state index in [0.717, 1.165) is 6.07 Å². The van der Waals surface area contributed by atoms with E-state index < -0.39 is 55.3 Å². The van der Waals surface area contributed by atoms with Gasteiger partial charge in [0.1, 0.15) is 11.5 Å². The first-order chi connectivity index (χ1) is 16.3. The highest BCUT2D eigenvalue weighted by molar-refractivity contribution is 7.92. The molecule has 35 heavy (non-hydrogen) atoms. The number of sulfonamides is 1. The fourth-order valence-corrected chi connectivity index (χ4v) is 4.61. The predicted octanol–water partition coefficient (Wildman–Crippen LogP) is 5.85. The van der Waals surface area contributed by atoms with Crippen LogP contribution in [0.15, 0.2) is 53.7 Å². The van der Waals surface area contributed by atoms with Crippen molar-refractivity contribution < 1.29 is 35.2 Å². The molecule has 0 amide bonds. The van der Waals surface area contributed by atoms with E-state index in [4.69, 9.17) is 11.6 Å². The fraction of sp³-hybridized carbons (Fsp3) is 0.0909. The van der Waals surface area contributed by atoms with Crippen LogP contribution in [0.3, 0.4) is 0 Å². The minimum Gasteiger partial charge on any atom is -0.345 e. The molecule has 4 rings (SSSR count). The highest BCUT2D eigenvalue weighted by Gasteiger charge is 2.31. The molecule has 6 nitrogen and oxygen atoms in total. The Morgan fingerprint density at radius 2 is 1.74 bits per heavy atom. The summed E-state index contributed by atoms with van der Waals surface area (Å²) in [7, 11) is -4.58. The van der Waals surface area contributed by atoms with Crippen LogP contribution in [0, 0.1) is 18.6 Å². The molecule has 0 aliphatic carbocycles. The Morgan fingerprint density at radius 1 is 1.09 bits per heavy atom. The van der Waals surface area contributed by atoms with E-state index in [-0.39, 0.29) is 21.6 Å². The van der Waals surface area contributed by atoms with Gasteiger partial charge in [-0.25, -0.2) is 22.2 Å². The number of hydrogen-bond acceptors (Lipinski definition) is 4. The van der Waals surface area contributed by atoms with Crippen molar-refractivity contribution in [2.45, 2.75) is 18.0 Å². The predicted molar refractivity (Wildman–Crippen MR) is 118 cm³/mol. The lowest BCUT2D eigenvalue weighted by Gasteiger charge is -2.13. The molecule has 2 heterocycles. The maximum Gasteiger partial charge on any atom is 0.416 e. The Kier molecular flexibility index (Phi) is 6.05. The van der Waals surface area contributed by atoms with E-state index >= 15 is 4.39 Å². The summed E-state index contributed by atoms with van der Waals surface area (Å²) >= 11 is 6.05. The second kappa shape index (κ2) is 8.61. The number of hydrogen-bond donors (Lipinski definition) is 2. The SMILES string of the molecule is Cc1c(Cl)cnc2[nH]cc(C(=O)c3c(F)ccc(NS(=O)(=O)c4ccc(C(F)(F)F)cc4)c3F)c12. The third kappa shape index (κ3) is 4.46. The zero-order valence-corrected chi connectivity index (χ0v) is 19.0. The Hall–Kier alpha value is -3.51. The second-order valence-electron chi connectivity index (χ2n) is 7.40. The summed E-state index contributed by atoms with van der Waals surface area (Å²) in [6.07, 6.45) is -2.16. The number of nitrogens with zero attached hydrogens (tertiary/aromatic N) is 1. The lowest BCUT2D eigenvalue weighted by atomic mass is 10.00. The summed E-state index contributed by atoms with van der Waals surface area (Å²) in [6, 6.07) is 3.90. The van der Waals surface area contributed by atoms with Crippen molar-refractivity contribution in [3.63, 3.8) is 0 Å². The van der Waals surface area contributed by atoms with Gasteiger partial charge in [-0.3, -0.25) is 9.52 Å². The molecule has 0 saturated carbocycles. The highest BCUT2D eigenvalue weighted by Crippen LogP contribution is 2.32. The Bertz CT molecular complexity index is 1580. The average molecular weight is 530 g/mol. The molecule has 0 spiro atoms. The summed E-state index contributed by atoms with van der Waals surface area (Å²) in [5.74, 6) is -3.87. The number of benzene rings is 2. The minimum absolute atomic E-state index is 0.145. The van der Waals surface area contributed by atoms with Crippen LogP contribution in [0.2, 0.25) is 5.02 Å². The molecule has 0 fully saturated rings. The number of alkyl halides is 3. The smallest absolute Gasteiger partial charge is 0.345 e. The number of carbonyl (C=O) groups is 1.